The molecule has 6 heteroatoms. The van der Waals surface area contributed by atoms with Crippen LogP contribution < -0.4 is 10.6 Å². The molecule has 0 fully saturated rings. The number of hydrogen-bond acceptors (Lipinski definition) is 4. The summed E-state index contributed by atoms with van der Waals surface area (Å²) in [5, 5.41) is 14.3. The molecule has 1 aromatic rings. The second-order valence-corrected chi connectivity index (χ2v) is 4.83. The fourth-order valence-electron chi connectivity index (χ4n) is 2.17. The molecule has 0 radical (unpaired) electrons. The molecule has 0 aliphatic heterocycles. The number of benzene rings is 1. The summed E-state index contributed by atoms with van der Waals surface area (Å²) in [5.74, 6) is -0.145. The largest absolute Gasteiger partial charge is 0.443 e. The van der Waals surface area contributed by atoms with Gasteiger partial charge in [0.2, 0.25) is 0 Å². The summed E-state index contributed by atoms with van der Waals surface area (Å²) in [6, 6.07) is 3.57. The molecule has 0 saturated carbocycles. The maximum Gasteiger partial charge on any atom is 0.407 e. The Morgan fingerprint density at radius 2 is 1.76 bits per heavy atom. The first-order chi connectivity index (χ1) is 9.92. The molecule has 21 heavy (non-hydrogen) atoms. The summed E-state index contributed by atoms with van der Waals surface area (Å²) in [6.07, 6.45) is -0.796. The third-order valence-electron chi connectivity index (χ3n) is 3.30. The van der Waals surface area contributed by atoms with Crippen molar-refractivity contribution in [1.82, 2.24) is 10.6 Å². The van der Waals surface area contributed by atoms with Crippen LogP contribution in [0, 0.1) is 13.8 Å². The Hall–Kier alpha value is -2.08. The summed E-state index contributed by atoms with van der Waals surface area (Å²) in [7, 11) is 3.05. The zero-order chi connectivity index (χ0) is 16.0. The van der Waals surface area contributed by atoms with E-state index in [1.807, 2.05) is 13.8 Å². The number of alkyl carbamates (subject to hydrolysis) is 1. The lowest BCUT2D eigenvalue weighted by Gasteiger charge is -2.18. The summed E-state index contributed by atoms with van der Waals surface area (Å²) >= 11 is 0. The fraction of sp³-hybridized carbons (Fsp3) is 0.467. The minimum atomic E-state index is -0.617. The van der Waals surface area contributed by atoms with Gasteiger partial charge in [0.25, 0.3) is 5.91 Å². The zero-order valence-electron chi connectivity index (χ0n) is 12.8. The van der Waals surface area contributed by atoms with Crippen LogP contribution in [0.2, 0.25) is 0 Å². The second-order valence-electron chi connectivity index (χ2n) is 4.83. The van der Waals surface area contributed by atoms with Crippen LogP contribution in [0.1, 0.15) is 27.0 Å². The van der Waals surface area contributed by atoms with E-state index >= 15 is 0 Å². The molecular formula is C15H22N2O4. The number of ether oxygens (including phenoxy) is 1. The molecule has 2 amide bonds. The van der Waals surface area contributed by atoms with E-state index in [0.717, 1.165) is 16.7 Å². The molecule has 0 aromatic heterocycles. The van der Waals surface area contributed by atoms with E-state index in [4.69, 9.17) is 4.74 Å². The van der Waals surface area contributed by atoms with Crippen molar-refractivity contribution < 1.29 is 19.4 Å². The highest BCUT2D eigenvalue weighted by molar-refractivity contribution is 5.94. The second kappa shape index (κ2) is 7.64. The summed E-state index contributed by atoms with van der Waals surface area (Å²) in [5.41, 5.74) is 3.40. The van der Waals surface area contributed by atoms with Crippen LogP contribution in [0.3, 0.4) is 0 Å². The van der Waals surface area contributed by atoms with Gasteiger partial charge in [-0.25, -0.2) is 4.79 Å². The van der Waals surface area contributed by atoms with Gasteiger partial charge in [-0.1, -0.05) is 0 Å². The van der Waals surface area contributed by atoms with E-state index in [-0.39, 0.29) is 12.5 Å². The number of nitrogens with one attached hydrogen (secondary N) is 2. The van der Waals surface area contributed by atoms with E-state index < -0.39 is 12.2 Å². The number of aryl methyl sites for hydroxylation is 2. The number of aliphatic hydroxyl groups excluding tert-OH is 1. The molecule has 6 nitrogen and oxygen atoms in total. The van der Waals surface area contributed by atoms with Gasteiger partial charge < -0.3 is 20.5 Å². The first-order valence-electron chi connectivity index (χ1n) is 6.74. The topological polar surface area (TPSA) is 87.7 Å². The number of hydrogen-bond donors (Lipinski definition) is 3. The molecule has 1 atom stereocenters. The van der Waals surface area contributed by atoms with Crippen LogP contribution in [0.4, 0.5) is 4.79 Å². The van der Waals surface area contributed by atoms with Crippen molar-refractivity contribution in [2.75, 3.05) is 20.7 Å². The van der Waals surface area contributed by atoms with Gasteiger partial charge in [-0.3, -0.25) is 4.79 Å². The first-order valence-corrected chi connectivity index (χ1v) is 6.74. The zero-order valence-corrected chi connectivity index (χ0v) is 12.8. The maximum absolute atomic E-state index is 11.7. The molecular weight excluding hydrogens is 272 g/mol. The van der Waals surface area contributed by atoms with E-state index in [1.54, 1.807) is 19.2 Å². The van der Waals surface area contributed by atoms with Gasteiger partial charge >= 0.3 is 6.09 Å². The van der Waals surface area contributed by atoms with Crippen molar-refractivity contribution in [3.05, 3.63) is 34.4 Å². The van der Waals surface area contributed by atoms with Gasteiger partial charge in [-0.2, -0.15) is 0 Å². The number of carbonyl (C=O) groups excluding carboxylic acids is 2. The van der Waals surface area contributed by atoms with Crippen LogP contribution in [0.5, 0.6) is 0 Å². The van der Waals surface area contributed by atoms with Crippen LogP contribution in [0.25, 0.3) is 0 Å². The van der Waals surface area contributed by atoms with Crippen LogP contribution in [0.15, 0.2) is 12.1 Å². The highest BCUT2D eigenvalue weighted by atomic mass is 16.6. The lowest BCUT2D eigenvalue weighted by Crippen LogP contribution is -2.30. The lowest BCUT2D eigenvalue weighted by molar-refractivity contribution is 0.0589. The van der Waals surface area contributed by atoms with Gasteiger partial charge in [-0.05, 0) is 42.7 Å². The van der Waals surface area contributed by atoms with Gasteiger partial charge in [0.05, 0.1) is 6.61 Å². The molecule has 0 heterocycles. The molecule has 0 saturated heterocycles. The molecule has 1 rings (SSSR count). The predicted octanol–water partition coefficient (Wildman–Crippen LogP) is 0.922. The van der Waals surface area contributed by atoms with Crippen molar-refractivity contribution in [3.63, 3.8) is 0 Å². The fourth-order valence-corrected chi connectivity index (χ4v) is 2.17. The highest BCUT2D eigenvalue weighted by Crippen LogP contribution is 2.19. The molecule has 0 unspecified atom stereocenters. The molecule has 1 aromatic carbocycles. The number of rotatable bonds is 5. The Labute approximate surface area is 124 Å². The van der Waals surface area contributed by atoms with Crippen molar-refractivity contribution in [1.29, 1.82) is 0 Å². The standard InChI is InChI=1S/C15H22N2O4/c1-9-5-11(14(19)16-3)6-10(2)13(9)7-12(8-18)21-15(20)17-4/h5-6,12,18H,7-8H2,1-4H3,(H,16,19)(H,17,20)/t12-/m0/s1. The van der Waals surface area contributed by atoms with Crippen LogP contribution in [-0.4, -0.2) is 43.9 Å². The van der Waals surface area contributed by atoms with E-state index in [2.05, 4.69) is 10.6 Å². The summed E-state index contributed by atoms with van der Waals surface area (Å²) in [4.78, 5) is 22.9. The molecule has 3 N–H and O–H groups in total. The summed E-state index contributed by atoms with van der Waals surface area (Å²) in [6.45, 7) is 3.52. The molecule has 116 valence electrons. The number of carbonyl (C=O) groups is 2. The molecule has 0 aliphatic rings. The smallest absolute Gasteiger partial charge is 0.407 e. The third kappa shape index (κ3) is 4.46. The highest BCUT2D eigenvalue weighted by Gasteiger charge is 2.17. The minimum Gasteiger partial charge on any atom is -0.443 e. The average molecular weight is 294 g/mol. The van der Waals surface area contributed by atoms with Gasteiger partial charge in [0.1, 0.15) is 6.10 Å². The van der Waals surface area contributed by atoms with E-state index in [9.17, 15) is 14.7 Å². The Balaban J connectivity index is 2.97. The Morgan fingerprint density at radius 3 is 2.19 bits per heavy atom. The maximum atomic E-state index is 11.7. The van der Waals surface area contributed by atoms with Gasteiger partial charge in [-0.15, -0.1) is 0 Å². The molecule has 0 spiro atoms. The minimum absolute atomic E-state index is 0.145. The monoisotopic (exact) mass is 294 g/mol. The lowest BCUT2D eigenvalue weighted by atomic mass is 9.94. The van der Waals surface area contributed by atoms with Crippen molar-refractivity contribution in [3.8, 4) is 0 Å². The van der Waals surface area contributed by atoms with Gasteiger partial charge in [0, 0.05) is 26.1 Å². The van der Waals surface area contributed by atoms with Crippen LogP contribution in [-0.2, 0) is 11.2 Å². The SMILES string of the molecule is CNC(=O)O[C@H](CO)Cc1c(C)cc(C(=O)NC)cc1C. The van der Waals surface area contributed by atoms with Crippen LogP contribution >= 0.6 is 0 Å². The first kappa shape index (κ1) is 17.0. The summed E-state index contributed by atoms with van der Waals surface area (Å²) < 4.78 is 5.08. The quantitative estimate of drug-likeness (QED) is 0.753. The number of aliphatic hydroxyl groups is 1. The Morgan fingerprint density at radius 1 is 1.19 bits per heavy atom. The van der Waals surface area contributed by atoms with Gasteiger partial charge in [0.15, 0.2) is 0 Å². The Kier molecular flexibility index (Phi) is 6.17. The van der Waals surface area contributed by atoms with E-state index in [0.29, 0.717) is 12.0 Å². The average Bonchev–Trinajstić information content (AvgIpc) is 2.48. The predicted molar refractivity (Wildman–Crippen MR) is 79.4 cm³/mol. The van der Waals surface area contributed by atoms with Crippen molar-refractivity contribution >= 4 is 12.0 Å². The normalized spacial score (nSPS) is 11.7. The van der Waals surface area contributed by atoms with Crippen molar-refractivity contribution in [2.45, 2.75) is 26.4 Å². The van der Waals surface area contributed by atoms with E-state index in [1.165, 1.54) is 7.05 Å². The molecule has 0 aliphatic carbocycles. The van der Waals surface area contributed by atoms with Crippen molar-refractivity contribution in [2.24, 2.45) is 0 Å². The Bertz CT molecular complexity index is 505. The third-order valence-corrected chi connectivity index (χ3v) is 3.30. The molecule has 0 bridgehead atoms. The number of amides is 2.